The Balaban J connectivity index is 1.42. The first-order chi connectivity index (χ1) is 14.2. The van der Waals surface area contributed by atoms with Gasteiger partial charge in [-0.1, -0.05) is 31.4 Å². The van der Waals surface area contributed by atoms with Gasteiger partial charge in [0.1, 0.15) is 18.1 Å². The van der Waals surface area contributed by atoms with Crippen LogP contribution in [0.2, 0.25) is 0 Å². The molecule has 0 aromatic heterocycles. The molecule has 1 aliphatic carbocycles. The van der Waals surface area contributed by atoms with Gasteiger partial charge in [-0.05, 0) is 73.1 Å². The number of benzene rings is 2. The van der Waals surface area contributed by atoms with E-state index in [1.807, 2.05) is 36.4 Å². The molecule has 1 amide bonds. The van der Waals surface area contributed by atoms with E-state index in [4.69, 9.17) is 9.47 Å². The number of nitrogens with zero attached hydrogens (tertiary/aromatic N) is 1. The third-order valence-electron chi connectivity index (χ3n) is 6.21. The number of fused-ring (bicyclic) bond motifs is 1. The maximum absolute atomic E-state index is 13.1. The van der Waals surface area contributed by atoms with Crippen LogP contribution in [-0.4, -0.2) is 31.0 Å². The predicted molar refractivity (Wildman–Crippen MR) is 115 cm³/mol. The monoisotopic (exact) mass is 393 g/mol. The molecule has 0 bridgehead atoms. The van der Waals surface area contributed by atoms with Gasteiger partial charge in [-0.15, -0.1) is 0 Å². The lowest BCUT2D eigenvalue weighted by molar-refractivity contribution is 0.0719. The highest BCUT2D eigenvalue weighted by atomic mass is 16.5. The van der Waals surface area contributed by atoms with Gasteiger partial charge in [0.15, 0.2) is 0 Å². The number of methoxy groups -OCH3 is 1. The second kappa shape index (κ2) is 9.34. The van der Waals surface area contributed by atoms with Crippen LogP contribution in [0.15, 0.2) is 42.5 Å². The first-order valence-corrected chi connectivity index (χ1v) is 10.9. The van der Waals surface area contributed by atoms with Gasteiger partial charge in [-0.3, -0.25) is 4.79 Å². The molecule has 154 valence electrons. The van der Waals surface area contributed by atoms with Gasteiger partial charge >= 0.3 is 0 Å². The van der Waals surface area contributed by atoms with Crippen molar-refractivity contribution in [1.82, 2.24) is 4.90 Å². The molecule has 1 fully saturated rings. The molecule has 2 aromatic carbocycles. The first-order valence-electron chi connectivity index (χ1n) is 10.9. The Morgan fingerprint density at radius 2 is 1.86 bits per heavy atom. The molecule has 29 heavy (non-hydrogen) atoms. The van der Waals surface area contributed by atoms with Crippen LogP contribution >= 0.6 is 0 Å². The molecule has 0 saturated heterocycles. The van der Waals surface area contributed by atoms with Crippen LogP contribution < -0.4 is 9.47 Å². The molecule has 1 saturated carbocycles. The van der Waals surface area contributed by atoms with E-state index < -0.39 is 0 Å². The summed E-state index contributed by atoms with van der Waals surface area (Å²) in [6.45, 7) is 2.27. The molecule has 4 nitrogen and oxygen atoms in total. The lowest BCUT2D eigenvalue weighted by Crippen LogP contribution is -2.36. The van der Waals surface area contributed by atoms with Gasteiger partial charge in [-0.25, -0.2) is 0 Å². The molecule has 1 aliphatic heterocycles. The third kappa shape index (κ3) is 4.92. The Morgan fingerprint density at radius 3 is 2.69 bits per heavy atom. The second-order valence-corrected chi connectivity index (χ2v) is 8.32. The van der Waals surface area contributed by atoms with Crippen molar-refractivity contribution < 1.29 is 14.3 Å². The van der Waals surface area contributed by atoms with Crippen LogP contribution in [0.5, 0.6) is 11.5 Å². The SMILES string of the molecule is COc1cccc(COc2ccc3c(c2)CCCN(CC2CCCCC2)C3=O)c1. The highest BCUT2D eigenvalue weighted by Gasteiger charge is 2.25. The number of amides is 1. The van der Waals surface area contributed by atoms with Crippen LogP contribution in [-0.2, 0) is 13.0 Å². The van der Waals surface area contributed by atoms with Crippen LogP contribution in [0.3, 0.4) is 0 Å². The molecule has 0 spiro atoms. The minimum atomic E-state index is 0.197. The minimum Gasteiger partial charge on any atom is -0.497 e. The molecule has 0 radical (unpaired) electrons. The summed E-state index contributed by atoms with van der Waals surface area (Å²) >= 11 is 0. The topological polar surface area (TPSA) is 38.8 Å². The number of rotatable bonds is 6. The molecule has 2 aromatic rings. The summed E-state index contributed by atoms with van der Waals surface area (Å²) < 4.78 is 11.3. The molecule has 0 atom stereocenters. The highest BCUT2D eigenvalue weighted by molar-refractivity contribution is 5.96. The van der Waals surface area contributed by atoms with E-state index in [-0.39, 0.29) is 5.91 Å². The lowest BCUT2D eigenvalue weighted by Gasteiger charge is -2.29. The van der Waals surface area contributed by atoms with Gasteiger partial charge in [-0.2, -0.15) is 0 Å². The van der Waals surface area contributed by atoms with Crippen LogP contribution in [0.25, 0.3) is 0 Å². The lowest BCUT2D eigenvalue weighted by atomic mass is 9.89. The van der Waals surface area contributed by atoms with Crippen molar-refractivity contribution in [2.45, 2.75) is 51.6 Å². The number of ether oxygens (including phenoxy) is 2. The van der Waals surface area contributed by atoms with Crippen molar-refractivity contribution in [3.63, 3.8) is 0 Å². The van der Waals surface area contributed by atoms with Crippen molar-refractivity contribution in [3.05, 3.63) is 59.2 Å². The molecule has 2 aliphatic rings. The zero-order chi connectivity index (χ0) is 20.1. The Labute approximate surface area is 173 Å². The Hall–Kier alpha value is -2.49. The van der Waals surface area contributed by atoms with E-state index >= 15 is 0 Å². The smallest absolute Gasteiger partial charge is 0.254 e. The van der Waals surface area contributed by atoms with Crippen molar-refractivity contribution in [3.8, 4) is 11.5 Å². The molecular formula is C25H31NO3. The van der Waals surface area contributed by atoms with Crippen molar-refractivity contribution in [2.75, 3.05) is 20.2 Å². The summed E-state index contributed by atoms with van der Waals surface area (Å²) in [4.78, 5) is 15.2. The Bertz CT molecular complexity index is 842. The van der Waals surface area contributed by atoms with Crippen molar-refractivity contribution >= 4 is 5.91 Å². The van der Waals surface area contributed by atoms with Crippen molar-refractivity contribution in [1.29, 1.82) is 0 Å². The predicted octanol–water partition coefficient (Wildman–Crippen LogP) is 5.24. The molecule has 4 heteroatoms. The second-order valence-electron chi connectivity index (χ2n) is 8.32. The van der Waals surface area contributed by atoms with E-state index in [1.165, 1.54) is 32.1 Å². The van der Waals surface area contributed by atoms with Gasteiger partial charge in [0, 0.05) is 18.7 Å². The fourth-order valence-electron chi connectivity index (χ4n) is 4.59. The van der Waals surface area contributed by atoms with Crippen LogP contribution in [0, 0.1) is 5.92 Å². The fourth-order valence-corrected chi connectivity index (χ4v) is 4.59. The summed E-state index contributed by atoms with van der Waals surface area (Å²) in [6.07, 6.45) is 8.48. The summed E-state index contributed by atoms with van der Waals surface area (Å²) in [7, 11) is 1.67. The van der Waals surface area contributed by atoms with Gasteiger partial charge < -0.3 is 14.4 Å². The molecule has 0 N–H and O–H groups in total. The third-order valence-corrected chi connectivity index (χ3v) is 6.21. The first kappa shape index (κ1) is 19.8. The van der Waals surface area contributed by atoms with Gasteiger partial charge in [0.25, 0.3) is 5.91 Å². The fraction of sp³-hybridized carbons (Fsp3) is 0.480. The zero-order valence-corrected chi connectivity index (χ0v) is 17.4. The summed E-state index contributed by atoms with van der Waals surface area (Å²) in [6, 6.07) is 13.8. The number of aryl methyl sites for hydroxylation is 1. The molecular weight excluding hydrogens is 362 g/mol. The normalized spacial score (nSPS) is 17.6. The molecule has 1 heterocycles. The summed E-state index contributed by atoms with van der Waals surface area (Å²) in [5, 5.41) is 0. The maximum Gasteiger partial charge on any atom is 0.254 e. The minimum absolute atomic E-state index is 0.197. The highest BCUT2D eigenvalue weighted by Crippen LogP contribution is 2.28. The van der Waals surface area contributed by atoms with E-state index in [2.05, 4.69) is 11.0 Å². The standard InChI is InChI=1S/C25H31NO3/c1-28-22-11-5-9-20(15-22)18-29-23-12-13-24-21(16-23)10-6-14-26(25(24)27)17-19-7-3-2-4-8-19/h5,9,11-13,15-16,19H,2-4,6-8,10,14,17-18H2,1H3. The average Bonchev–Trinajstić information content (AvgIpc) is 2.92. The van der Waals surface area contributed by atoms with Gasteiger partial charge in [0.2, 0.25) is 0 Å². The number of hydrogen-bond acceptors (Lipinski definition) is 3. The number of carbonyl (C=O) groups excluding carboxylic acids is 1. The summed E-state index contributed by atoms with van der Waals surface area (Å²) in [5.41, 5.74) is 3.03. The molecule has 4 rings (SSSR count). The quantitative estimate of drug-likeness (QED) is 0.673. The average molecular weight is 394 g/mol. The largest absolute Gasteiger partial charge is 0.497 e. The van der Waals surface area contributed by atoms with E-state index in [1.54, 1.807) is 7.11 Å². The summed E-state index contributed by atoms with van der Waals surface area (Å²) in [5.74, 6) is 2.53. The van der Waals surface area contributed by atoms with Crippen molar-refractivity contribution in [2.24, 2.45) is 5.92 Å². The number of carbonyl (C=O) groups is 1. The van der Waals surface area contributed by atoms with Crippen LogP contribution in [0.4, 0.5) is 0 Å². The van der Waals surface area contributed by atoms with Crippen LogP contribution in [0.1, 0.15) is 60.0 Å². The maximum atomic E-state index is 13.1. The van der Waals surface area contributed by atoms with E-state index in [0.29, 0.717) is 12.5 Å². The molecule has 0 unspecified atom stereocenters. The van der Waals surface area contributed by atoms with E-state index in [0.717, 1.165) is 54.1 Å². The Morgan fingerprint density at radius 1 is 1.00 bits per heavy atom. The zero-order valence-electron chi connectivity index (χ0n) is 17.4. The van der Waals surface area contributed by atoms with Gasteiger partial charge in [0.05, 0.1) is 7.11 Å². The number of hydrogen-bond donors (Lipinski definition) is 0. The Kier molecular flexibility index (Phi) is 6.38. The van der Waals surface area contributed by atoms with E-state index in [9.17, 15) is 4.79 Å².